The van der Waals surface area contributed by atoms with Crippen molar-refractivity contribution >= 4 is 35.0 Å². The molecule has 1 aromatic carbocycles. The Morgan fingerprint density at radius 2 is 2.16 bits per heavy atom. The predicted octanol–water partition coefficient (Wildman–Crippen LogP) is 2.81. The molecule has 2 rings (SSSR count). The second kappa shape index (κ2) is 6.64. The first-order chi connectivity index (χ1) is 9.11. The summed E-state index contributed by atoms with van der Waals surface area (Å²) >= 11 is 7.50. The molecule has 2 unspecified atom stereocenters. The lowest BCUT2D eigenvalue weighted by Gasteiger charge is -2.17. The molecule has 1 aliphatic heterocycles. The van der Waals surface area contributed by atoms with Gasteiger partial charge in [0.15, 0.2) is 0 Å². The Bertz CT molecular complexity index is 438. The topological polar surface area (TPSA) is 40.5 Å². The molecule has 0 aromatic heterocycles. The van der Waals surface area contributed by atoms with Crippen LogP contribution in [0.5, 0.6) is 0 Å². The Labute approximate surface area is 122 Å². The first-order valence-electron chi connectivity index (χ1n) is 6.41. The molecule has 1 heterocycles. The molecule has 0 spiro atoms. The van der Waals surface area contributed by atoms with E-state index in [9.17, 15) is 4.79 Å². The third kappa shape index (κ3) is 3.65. The molecular weight excluding hydrogens is 282 g/mol. The van der Waals surface area contributed by atoms with Gasteiger partial charge in [0.05, 0.1) is 5.25 Å². The fourth-order valence-corrected chi connectivity index (χ4v) is 3.35. The number of nitrogens with zero attached hydrogens (tertiary/aromatic N) is 1. The van der Waals surface area contributed by atoms with E-state index in [0.29, 0.717) is 5.02 Å². The molecule has 19 heavy (non-hydrogen) atoms. The first-order valence-corrected chi connectivity index (χ1v) is 7.84. The van der Waals surface area contributed by atoms with E-state index >= 15 is 0 Å². The van der Waals surface area contributed by atoms with Gasteiger partial charge in [0, 0.05) is 23.9 Å². The molecule has 0 bridgehead atoms. The monoisotopic (exact) mass is 299 g/mol. The second-order valence-electron chi connectivity index (χ2n) is 4.86. The minimum absolute atomic E-state index is 0.0182. The number of hydrogen-bond donors (Lipinski definition) is 1. The smallest absolute Gasteiger partial charge is 0.240 e. The van der Waals surface area contributed by atoms with Gasteiger partial charge in [-0.2, -0.15) is 0 Å². The summed E-state index contributed by atoms with van der Waals surface area (Å²) in [7, 11) is 0. The highest BCUT2D eigenvalue weighted by Crippen LogP contribution is 2.30. The van der Waals surface area contributed by atoms with Gasteiger partial charge in [-0.3, -0.25) is 4.79 Å². The maximum Gasteiger partial charge on any atom is 0.240 e. The van der Waals surface area contributed by atoms with E-state index in [0.717, 1.165) is 24.4 Å². The summed E-state index contributed by atoms with van der Waals surface area (Å²) in [6.45, 7) is 2.92. The van der Waals surface area contributed by atoms with E-state index in [1.54, 1.807) is 23.9 Å². The van der Waals surface area contributed by atoms with E-state index < -0.39 is 0 Å². The van der Waals surface area contributed by atoms with Crippen LogP contribution in [-0.2, 0) is 4.79 Å². The number of carbonyl (C=O) groups is 1. The molecule has 1 amide bonds. The number of thioether (sulfide) groups is 1. The molecule has 2 atom stereocenters. The molecule has 1 aromatic rings. The van der Waals surface area contributed by atoms with Gasteiger partial charge in [-0.1, -0.05) is 18.5 Å². The Kier molecular flexibility index (Phi) is 5.13. The molecule has 0 saturated carbocycles. The number of amides is 1. The summed E-state index contributed by atoms with van der Waals surface area (Å²) in [6, 6.07) is 7.37. The molecule has 3 nitrogen and oxygen atoms in total. The Morgan fingerprint density at radius 1 is 1.47 bits per heavy atom. The zero-order valence-corrected chi connectivity index (χ0v) is 12.5. The van der Waals surface area contributed by atoms with Gasteiger partial charge in [0.1, 0.15) is 0 Å². The summed E-state index contributed by atoms with van der Waals surface area (Å²) in [4.78, 5) is 14.1. The molecule has 1 fully saturated rings. The van der Waals surface area contributed by atoms with Crippen LogP contribution in [0, 0.1) is 5.92 Å². The van der Waals surface area contributed by atoms with Crippen LogP contribution in [0.25, 0.3) is 0 Å². The van der Waals surface area contributed by atoms with Crippen molar-refractivity contribution in [2.24, 2.45) is 5.92 Å². The SMILES string of the molecule is CC(CO)CSC1CCN(c2ccc(Cl)cc2)C1=O. The number of aliphatic hydroxyl groups excluding tert-OH is 1. The highest BCUT2D eigenvalue weighted by atomic mass is 35.5. The summed E-state index contributed by atoms with van der Waals surface area (Å²) in [5.41, 5.74) is 0.910. The van der Waals surface area contributed by atoms with Crippen molar-refractivity contribution < 1.29 is 9.90 Å². The average Bonchev–Trinajstić information content (AvgIpc) is 2.78. The van der Waals surface area contributed by atoms with Crippen LogP contribution in [0.4, 0.5) is 5.69 Å². The Morgan fingerprint density at radius 3 is 2.79 bits per heavy atom. The first kappa shape index (κ1) is 14.7. The zero-order valence-electron chi connectivity index (χ0n) is 10.9. The standard InChI is InChI=1S/C14H18ClNO2S/c1-10(8-17)9-19-13-6-7-16(14(13)18)12-4-2-11(15)3-5-12/h2-5,10,13,17H,6-9H2,1H3. The van der Waals surface area contributed by atoms with Gasteiger partial charge >= 0.3 is 0 Å². The van der Waals surface area contributed by atoms with Gasteiger partial charge in [-0.15, -0.1) is 11.8 Å². The van der Waals surface area contributed by atoms with Gasteiger partial charge in [0.25, 0.3) is 0 Å². The van der Waals surface area contributed by atoms with Crippen molar-refractivity contribution in [2.75, 3.05) is 23.8 Å². The molecule has 104 valence electrons. The number of carbonyl (C=O) groups excluding carboxylic acids is 1. The number of aliphatic hydroxyl groups is 1. The van der Waals surface area contributed by atoms with E-state index in [2.05, 4.69) is 0 Å². The highest BCUT2D eigenvalue weighted by Gasteiger charge is 2.32. The van der Waals surface area contributed by atoms with Gasteiger partial charge in [-0.25, -0.2) is 0 Å². The van der Waals surface area contributed by atoms with Crippen molar-refractivity contribution in [2.45, 2.75) is 18.6 Å². The average molecular weight is 300 g/mol. The van der Waals surface area contributed by atoms with Gasteiger partial charge in [0.2, 0.25) is 5.91 Å². The number of anilines is 1. The molecule has 1 N–H and O–H groups in total. The van der Waals surface area contributed by atoms with Crippen LogP contribution in [0.3, 0.4) is 0 Å². The van der Waals surface area contributed by atoms with E-state index in [4.69, 9.17) is 16.7 Å². The molecule has 1 aliphatic rings. The second-order valence-corrected chi connectivity index (χ2v) is 6.54. The molecule has 5 heteroatoms. The van der Waals surface area contributed by atoms with Crippen molar-refractivity contribution in [1.29, 1.82) is 0 Å². The van der Waals surface area contributed by atoms with E-state index in [1.165, 1.54) is 0 Å². The number of rotatable bonds is 5. The summed E-state index contributed by atoms with van der Waals surface area (Å²) in [5.74, 6) is 1.22. The van der Waals surface area contributed by atoms with Gasteiger partial charge in [-0.05, 0) is 42.4 Å². The third-order valence-electron chi connectivity index (χ3n) is 3.19. The molecule has 1 saturated heterocycles. The fraction of sp³-hybridized carbons (Fsp3) is 0.500. The summed E-state index contributed by atoms with van der Waals surface area (Å²) in [5, 5.41) is 9.71. The van der Waals surface area contributed by atoms with Crippen molar-refractivity contribution in [3.8, 4) is 0 Å². The highest BCUT2D eigenvalue weighted by molar-refractivity contribution is 8.00. The molecule has 0 radical (unpaired) electrons. The minimum Gasteiger partial charge on any atom is -0.396 e. The Hall–Kier alpha value is -0.710. The maximum absolute atomic E-state index is 12.3. The zero-order chi connectivity index (χ0) is 13.8. The summed E-state index contributed by atoms with van der Waals surface area (Å²) in [6.07, 6.45) is 0.865. The normalized spacial score (nSPS) is 20.9. The minimum atomic E-state index is 0.0182. The lowest BCUT2D eigenvalue weighted by Crippen LogP contribution is -2.28. The van der Waals surface area contributed by atoms with Crippen LogP contribution in [0.2, 0.25) is 5.02 Å². The predicted molar refractivity (Wildman–Crippen MR) is 80.9 cm³/mol. The third-order valence-corrected chi connectivity index (χ3v) is 5.04. The van der Waals surface area contributed by atoms with Crippen LogP contribution in [-0.4, -0.2) is 35.2 Å². The fourth-order valence-electron chi connectivity index (χ4n) is 2.02. The lowest BCUT2D eigenvalue weighted by atomic mass is 10.2. The van der Waals surface area contributed by atoms with Crippen LogP contribution >= 0.6 is 23.4 Å². The van der Waals surface area contributed by atoms with Gasteiger partial charge < -0.3 is 10.0 Å². The molecule has 0 aliphatic carbocycles. The summed E-state index contributed by atoms with van der Waals surface area (Å²) < 4.78 is 0. The van der Waals surface area contributed by atoms with Crippen molar-refractivity contribution in [1.82, 2.24) is 0 Å². The quantitative estimate of drug-likeness (QED) is 0.909. The number of halogens is 1. The number of hydrogen-bond acceptors (Lipinski definition) is 3. The largest absolute Gasteiger partial charge is 0.396 e. The van der Waals surface area contributed by atoms with E-state index in [1.807, 2.05) is 24.0 Å². The van der Waals surface area contributed by atoms with Crippen molar-refractivity contribution in [3.05, 3.63) is 29.3 Å². The van der Waals surface area contributed by atoms with Crippen LogP contribution < -0.4 is 4.90 Å². The maximum atomic E-state index is 12.3. The van der Waals surface area contributed by atoms with Crippen molar-refractivity contribution in [3.63, 3.8) is 0 Å². The molecular formula is C14H18ClNO2S. The lowest BCUT2D eigenvalue weighted by molar-refractivity contribution is -0.116. The number of benzene rings is 1. The van der Waals surface area contributed by atoms with E-state index in [-0.39, 0.29) is 23.7 Å². The Balaban J connectivity index is 1.96. The van der Waals surface area contributed by atoms with Crippen LogP contribution in [0.1, 0.15) is 13.3 Å². The van der Waals surface area contributed by atoms with Crippen LogP contribution in [0.15, 0.2) is 24.3 Å².